The maximum Gasteiger partial charge on any atom is 0.219 e. The number of hydrogen-bond donors (Lipinski definition) is 0. The van der Waals surface area contributed by atoms with Crippen molar-refractivity contribution in [3.05, 3.63) is 30.3 Å². The van der Waals surface area contributed by atoms with Gasteiger partial charge in [0.15, 0.2) is 0 Å². The fourth-order valence-corrected chi connectivity index (χ4v) is 2.77. The summed E-state index contributed by atoms with van der Waals surface area (Å²) in [5, 5.41) is 0.712. The quantitative estimate of drug-likeness (QED) is 0.846. The van der Waals surface area contributed by atoms with E-state index in [9.17, 15) is 9.18 Å². The third-order valence-corrected chi connectivity index (χ3v) is 4.08. The Labute approximate surface area is 122 Å². The predicted molar refractivity (Wildman–Crippen MR) is 78.6 cm³/mol. The molecule has 1 fully saturated rings. The topological polar surface area (TPSA) is 49.3 Å². The first-order valence-corrected chi connectivity index (χ1v) is 6.95. The van der Waals surface area contributed by atoms with E-state index in [0.29, 0.717) is 11.9 Å². The molecule has 3 rings (SSSR count). The van der Waals surface area contributed by atoms with Crippen molar-refractivity contribution in [3.8, 4) is 0 Å². The number of amides is 1. The minimum atomic E-state index is -0.296. The summed E-state index contributed by atoms with van der Waals surface area (Å²) in [5.41, 5.74) is 0.727. The van der Waals surface area contributed by atoms with E-state index in [4.69, 9.17) is 0 Å². The second kappa shape index (κ2) is 5.27. The number of nitrogens with zero attached hydrogens (tertiary/aromatic N) is 4. The van der Waals surface area contributed by atoms with Crippen LogP contribution in [0.4, 0.5) is 10.2 Å². The van der Waals surface area contributed by atoms with Crippen LogP contribution in [0.15, 0.2) is 24.5 Å². The van der Waals surface area contributed by atoms with Crippen molar-refractivity contribution in [2.24, 2.45) is 0 Å². The fourth-order valence-electron chi connectivity index (χ4n) is 2.77. The van der Waals surface area contributed by atoms with E-state index in [-0.39, 0.29) is 17.8 Å². The van der Waals surface area contributed by atoms with Gasteiger partial charge in [-0.2, -0.15) is 0 Å². The van der Waals surface area contributed by atoms with Gasteiger partial charge < -0.3 is 9.80 Å². The van der Waals surface area contributed by atoms with Gasteiger partial charge in [0.25, 0.3) is 0 Å². The molecule has 1 amide bonds. The van der Waals surface area contributed by atoms with Crippen LogP contribution in [0.3, 0.4) is 0 Å². The molecule has 110 valence electrons. The van der Waals surface area contributed by atoms with Crippen molar-refractivity contribution in [1.82, 2.24) is 14.9 Å². The summed E-state index contributed by atoms with van der Waals surface area (Å²) in [6.45, 7) is 3.07. The first-order chi connectivity index (χ1) is 10.1. The number of fused-ring (bicyclic) bond motifs is 1. The molecule has 6 heteroatoms. The SMILES string of the molecule is CC(=O)N(C)C1CCN(c2ncnc3ccc(F)cc23)C1. The predicted octanol–water partition coefficient (Wildman–Crippen LogP) is 1.83. The lowest BCUT2D eigenvalue weighted by Gasteiger charge is -2.24. The normalized spacial score (nSPS) is 18.2. The highest BCUT2D eigenvalue weighted by molar-refractivity contribution is 5.89. The summed E-state index contributed by atoms with van der Waals surface area (Å²) in [7, 11) is 1.81. The number of anilines is 1. The van der Waals surface area contributed by atoms with E-state index in [1.807, 2.05) is 7.05 Å². The molecule has 1 aliphatic heterocycles. The van der Waals surface area contributed by atoms with Crippen LogP contribution in [0.25, 0.3) is 10.9 Å². The molecule has 1 aromatic heterocycles. The Kier molecular flexibility index (Phi) is 3.45. The lowest BCUT2D eigenvalue weighted by molar-refractivity contribution is -0.129. The lowest BCUT2D eigenvalue weighted by Crippen LogP contribution is -2.37. The molecule has 1 unspecified atom stereocenters. The van der Waals surface area contributed by atoms with Crippen LogP contribution in [0.1, 0.15) is 13.3 Å². The minimum absolute atomic E-state index is 0.0560. The molecule has 0 saturated carbocycles. The van der Waals surface area contributed by atoms with Gasteiger partial charge in [-0.1, -0.05) is 0 Å². The maximum atomic E-state index is 13.5. The maximum absolute atomic E-state index is 13.5. The van der Waals surface area contributed by atoms with Crippen LogP contribution < -0.4 is 4.90 Å². The zero-order valence-electron chi connectivity index (χ0n) is 12.1. The van der Waals surface area contributed by atoms with Crippen LogP contribution in [0, 0.1) is 5.82 Å². The molecule has 1 aliphatic rings. The second-order valence-electron chi connectivity index (χ2n) is 5.38. The van der Waals surface area contributed by atoms with Crippen LogP contribution in [-0.2, 0) is 4.79 Å². The minimum Gasteiger partial charge on any atom is -0.354 e. The van der Waals surface area contributed by atoms with Crippen molar-refractivity contribution >= 4 is 22.6 Å². The number of carbonyl (C=O) groups is 1. The summed E-state index contributed by atoms with van der Waals surface area (Å²) in [6, 6.07) is 4.69. The monoisotopic (exact) mass is 288 g/mol. The van der Waals surface area contributed by atoms with Gasteiger partial charge in [0.05, 0.1) is 11.6 Å². The highest BCUT2D eigenvalue weighted by Gasteiger charge is 2.28. The van der Waals surface area contributed by atoms with Gasteiger partial charge >= 0.3 is 0 Å². The molecule has 0 bridgehead atoms. The molecule has 21 heavy (non-hydrogen) atoms. The van der Waals surface area contributed by atoms with Gasteiger partial charge in [-0.25, -0.2) is 14.4 Å². The smallest absolute Gasteiger partial charge is 0.219 e. The van der Waals surface area contributed by atoms with E-state index in [1.54, 1.807) is 17.9 Å². The van der Waals surface area contributed by atoms with Gasteiger partial charge in [0.2, 0.25) is 5.91 Å². The molecule has 0 N–H and O–H groups in total. The average molecular weight is 288 g/mol. The average Bonchev–Trinajstić information content (AvgIpc) is 2.95. The Balaban J connectivity index is 1.92. The van der Waals surface area contributed by atoms with Gasteiger partial charge in [-0.3, -0.25) is 4.79 Å². The standard InChI is InChI=1S/C15H17FN4O/c1-10(21)19(2)12-5-6-20(8-12)15-13-7-11(16)3-4-14(13)17-9-18-15/h3-4,7,9,12H,5-6,8H2,1-2H3. The molecule has 1 aromatic carbocycles. The fraction of sp³-hybridized carbons (Fsp3) is 0.400. The van der Waals surface area contributed by atoms with Crippen molar-refractivity contribution < 1.29 is 9.18 Å². The third-order valence-electron chi connectivity index (χ3n) is 4.08. The molecule has 2 heterocycles. The van der Waals surface area contributed by atoms with Crippen molar-refractivity contribution in [3.63, 3.8) is 0 Å². The van der Waals surface area contributed by atoms with Gasteiger partial charge in [0, 0.05) is 32.4 Å². The Morgan fingerprint density at radius 3 is 3.00 bits per heavy atom. The molecule has 0 radical (unpaired) electrons. The summed E-state index contributed by atoms with van der Waals surface area (Å²) < 4.78 is 13.5. The van der Waals surface area contributed by atoms with E-state index in [2.05, 4.69) is 14.9 Å². The van der Waals surface area contributed by atoms with Gasteiger partial charge in [-0.15, -0.1) is 0 Å². The Bertz CT molecular complexity index is 690. The van der Waals surface area contributed by atoms with Crippen molar-refractivity contribution in [1.29, 1.82) is 0 Å². The number of carbonyl (C=O) groups excluding carboxylic acids is 1. The molecule has 0 aliphatic carbocycles. The highest BCUT2D eigenvalue weighted by Crippen LogP contribution is 2.27. The van der Waals surface area contributed by atoms with Crippen LogP contribution in [-0.4, -0.2) is 47.0 Å². The molecule has 1 atom stereocenters. The third kappa shape index (κ3) is 2.53. The Morgan fingerprint density at radius 1 is 1.43 bits per heavy atom. The summed E-state index contributed by atoms with van der Waals surface area (Å²) >= 11 is 0. The Morgan fingerprint density at radius 2 is 2.24 bits per heavy atom. The second-order valence-corrected chi connectivity index (χ2v) is 5.38. The van der Waals surface area contributed by atoms with Gasteiger partial charge in [-0.05, 0) is 24.6 Å². The highest BCUT2D eigenvalue weighted by atomic mass is 19.1. The largest absolute Gasteiger partial charge is 0.354 e. The number of aromatic nitrogens is 2. The molecule has 0 spiro atoms. The molecular formula is C15H17FN4O. The number of halogens is 1. The Hall–Kier alpha value is -2.24. The summed E-state index contributed by atoms with van der Waals surface area (Å²) in [5.74, 6) is 0.495. The molecular weight excluding hydrogens is 271 g/mol. The zero-order chi connectivity index (χ0) is 15.0. The molecule has 1 saturated heterocycles. The van der Waals surface area contributed by atoms with Crippen LogP contribution in [0.2, 0.25) is 0 Å². The van der Waals surface area contributed by atoms with Crippen LogP contribution >= 0.6 is 0 Å². The summed E-state index contributed by atoms with van der Waals surface area (Å²) in [6.07, 6.45) is 2.38. The van der Waals surface area contributed by atoms with Gasteiger partial charge in [0.1, 0.15) is 18.0 Å². The number of rotatable bonds is 2. The number of hydrogen-bond acceptors (Lipinski definition) is 4. The summed E-state index contributed by atoms with van der Waals surface area (Å²) in [4.78, 5) is 23.8. The zero-order valence-corrected chi connectivity index (χ0v) is 12.1. The first-order valence-electron chi connectivity index (χ1n) is 6.95. The lowest BCUT2D eigenvalue weighted by atomic mass is 10.2. The van der Waals surface area contributed by atoms with E-state index >= 15 is 0 Å². The molecule has 2 aromatic rings. The van der Waals surface area contributed by atoms with Crippen molar-refractivity contribution in [2.45, 2.75) is 19.4 Å². The van der Waals surface area contributed by atoms with Crippen LogP contribution in [0.5, 0.6) is 0 Å². The van der Waals surface area contributed by atoms with E-state index < -0.39 is 0 Å². The number of likely N-dealkylation sites (N-methyl/N-ethyl adjacent to an activating group) is 1. The van der Waals surface area contributed by atoms with Crippen molar-refractivity contribution in [2.75, 3.05) is 25.0 Å². The van der Waals surface area contributed by atoms with E-state index in [1.165, 1.54) is 18.5 Å². The molecule has 5 nitrogen and oxygen atoms in total. The first kappa shape index (κ1) is 13.7. The van der Waals surface area contributed by atoms with E-state index in [0.717, 1.165) is 24.3 Å². The number of benzene rings is 1.